The highest BCUT2D eigenvalue weighted by Gasteiger charge is 2.47. The van der Waals surface area contributed by atoms with Crippen LogP contribution in [-0.2, 0) is 4.79 Å². The van der Waals surface area contributed by atoms with Crippen molar-refractivity contribution in [3.63, 3.8) is 0 Å². The Bertz CT molecular complexity index is 537. The monoisotopic (exact) mass is 358 g/mol. The molecule has 5 nitrogen and oxygen atoms in total. The second-order valence-electron chi connectivity index (χ2n) is 4.51. The molecule has 1 aliphatic heterocycles. The van der Waals surface area contributed by atoms with E-state index >= 15 is 0 Å². The summed E-state index contributed by atoms with van der Waals surface area (Å²) in [5.74, 6) is -1.13. The van der Waals surface area contributed by atoms with Crippen LogP contribution in [0.1, 0.15) is 24.2 Å². The van der Waals surface area contributed by atoms with Gasteiger partial charge in [0.05, 0.1) is 0 Å². The molecule has 1 aliphatic rings. The molecule has 18 heavy (non-hydrogen) atoms. The van der Waals surface area contributed by atoms with Crippen molar-refractivity contribution in [3.05, 3.63) is 33.4 Å². The lowest BCUT2D eigenvalue weighted by molar-refractivity contribution is -0.128. The van der Waals surface area contributed by atoms with E-state index in [4.69, 9.17) is 0 Å². The first-order valence-electron chi connectivity index (χ1n) is 5.29. The molecule has 0 bridgehead atoms. The summed E-state index contributed by atoms with van der Waals surface area (Å²) in [6.07, 6.45) is 0. The summed E-state index contributed by atoms with van der Waals surface area (Å²) in [5.41, 5.74) is -0.715. The highest BCUT2D eigenvalue weighted by molar-refractivity contribution is 14.1. The number of amides is 4. The number of imide groups is 3. The number of hydrogen-bond acceptors (Lipinski definition) is 3. The van der Waals surface area contributed by atoms with Crippen LogP contribution in [-0.4, -0.2) is 28.3 Å². The summed E-state index contributed by atoms with van der Waals surface area (Å²) >= 11 is 2.11. The highest BCUT2D eigenvalue weighted by atomic mass is 127. The lowest BCUT2D eigenvalue weighted by Gasteiger charge is -2.14. The van der Waals surface area contributed by atoms with Crippen molar-refractivity contribution in [3.8, 4) is 0 Å². The summed E-state index contributed by atoms with van der Waals surface area (Å²) < 4.78 is 0.974. The summed E-state index contributed by atoms with van der Waals surface area (Å²) in [4.78, 5) is 36.4. The third-order valence-corrected chi connectivity index (χ3v) is 3.37. The van der Waals surface area contributed by atoms with E-state index in [1.54, 1.807) is 38.1 Å². The zero-order valence-corrected chi connectivity index (χ0v) is 12.0. The Hall–Kier alpha value is -1.44. The topological polar surface area (TPSA) is 66.5 Å². The third kappa shape index (κ3) is 2.12. The minimum atomic E-state index is -1.03. The number of benzene rings is 1. The van der Waals surface area contributed by atoms with Crippen LogP contribution in [0, 0.1) is 3.57 Å². The van der Waals surface area contributed by atoms with Crippen LogP contribution in [0.25, 0.3) is 0 Å². The maximum absolute atomic E-state index is 12.1. The van der Waals surface area contributed by atoms with E-state index in [2.05, 4.69) is 27.9 Å². The first kappa shape index (κ1) is 13.0. The molecule has 0 unspecified atom stereocenters. The fraction of sp³-hybridized carbons (Fsp3) is 0.250. The Morgan fingerprint density at radius 1 is 1.22 bits per heavy atom. The fourth-order valence-corrected chi connectivity index (χ4v) is 2.01. The van der Waals surface area contributed by atoms with Gasteiger partial charge in [-0.2, -0.15) is 4.90 Å². The number of carbonyl (C=O) groups is 3. The molecule has 94 valence electrons. The predicted molar refractivity (Wildman–Crippen MR) is 72.9 cm³/mol. The number of hydrogen-bond donors (Lipinski definition) is 1. The lowest BCUT2D eigenvalue weighted by Crippen LogP contribution is -2.41. The third-order valence-electron chi connectivity index (χ3n) is 2.65. The van der Waals surface area contributed by atoms with Crippen LogP contribution in [0.15, 0.2) is 24.3 Å². The van der Waals surface area contributed by atoms with E-state index in [0.717, 1.165) is 3.57 Å². The van der Waals surface area contributed by atoms with Crippen molar-refractivity contribution in [1.29, 1.82) is 0 Å². The Balaban J connectivity index is 2.33. The molecule has 4 amide bonds. The van der Waals surface area contributed by atoms with E-state index in [0.29, 0.717) is 10.5 Å². The number of nitrogens with zero attached hydrogens (tertiary/aromatic N) is 1. The molecule has 0 radical (unpaired) electrons. The molecule has 1 saturated heterocycles. The predicted octanol–water partition coefficient (Wildman–Crippen LogP) is 1.76. The molecule has 0 atom stereocenters. The number of carbonyl (C=O) groups excluding carboxylic acids is 3. The van der Waals surface area contributed by atoms with E-state index < -0.39 is 23.4 Å². The normalized spacial score (nSPS) is 17.8. The average molecular weight is 358 g/mol. The Morgan fingerprint density at radius 3 is 2.22 bits per heavy atom. The van der Waals surface area contributed by atoms with Gasteiger partial charge in [0.25, 0.3) is 11.8 Å². The van der Waals surface area contributed by atoms with Crippen molar-refractivity contribution in [2.24, 2.45) is 0 Å². The van der Waals surface area contributed by atoms with Crippen molar-refractivity contribution >= 4 is 40.4 Å². The van der Waals surface area contributed by atoms with Gasteiger partial charge >= 0.3 is 6.03 Å². The van der Waals surface area contributed by atoms with Crippen LogP contribution in [0.2, 0.25) is 0 Å². The number of halogens is 1. The van der Waals surface area contributed by atoms with Crippen LogP contribution in [0.5, 0.6) is 0 Å². The van der Waals surface area contributed by atoms with Gasteiger partial charge in [-0.05, 0) is 60.7 Å². The Kier molecular flexibility index (Phi) is 3.14. The van der Waals surface area contributed by atoms with Crippen LogP contribution in [0.4, 0.5) is 4.79 Å². The van der Waals surface area contributed by atoms with Gasteiger partial charge in [-0.1, -0.05) is 0 Å². The van der Waals surface area contributed by atoms with Gasteiger partial charge in [0, 0.05) is 9.13 Å². The van der Waals surface area contributed by atoms with E-state index in [9.17, 15) is 14.4 Å². The van der Waals surface area contributed by atoms with E-state index in [1.807, 2.05) is 0 Å². The van der Waals surface area contributed by atoms with Crippen LogP contribution >= 0.6 is 22.6 Å². The molecule has 0 saturated carbocycles. The SMILES string of the molecule is CC1(C)NC(=O)N(C(=O)c2ccc(I)cc2)C1=O. The quantitative estimate of drug-likeness (QED) is 0.473. The van der Waals surface area contributed by atoms with Crippen molar-refractivity contribution < 1.29 is 14.4 Å². The average Bonchev–Trinajstić information content (AvgIpc) is 2.48. The molecular formula is C12H11IN2O3. The van der Waals surface area contributed by atoms with Crippen molar-refractivity contribution in [2.45, 2.75) is 19.4 Å². The van der Waals surface area contributed by atoms with Gasteiger partial charge in [0.2, 0.25) is 0 Å². The maximum Gasteiger partial charge on any atom is 0.332 e. The molecule has 2 rings (SSSR count). The van der Waals surface area contributed by atoms with Crippen molar-refractivity contribution in [2.75, 3.05) is 0 Å². The molecular weight excluding hydrogens is 347 g/mol. The molecule has 1 fully saturated rings. The number of nitrogens with one attached hydrogen (secondary N) is 1. The van der Waals surface area contributed by atoms with Gasteiger partial charge in [-0.15, -0.1) is 0 Å². The molecule has 1 aromatic rings. The molecule has 1 N–H and O–H groups in total. The fourth-order valence-electron chi connectivity index (χ4n) is 1.65. The van der Waals surface area contributed by atoms with Crippen molar-refractivity contribution in [1.82, 2.24) is 10.2 Å². The van der Waals surface area contributed by atoms with Crippen LogP contribution < -0.4 is 5.32 Å². The summed E-state index contributed by atoms with van der Waals surface area (Å²) in [6, 6.07) is 6.01. The van der Waals surface area contributed by atoms with Gasteiger partial charge in [-0.3, -0.25) is 9.59 Å². The first-order chi connectivity index (χ1) is 8.33. The van der Waals surface area contributed by atoms with Gasteiger partial charge in [0.15, 0.2) is 0 Å². The number of urea groups is 1. The molecule has 1 aromatic carbocycles. The first-order valence-corrected chi connectivity index (χ1v) is 6.37. The molecule has 1 heterocycles. The summed E-state index contributed by atoms with van der Waals surface area (Å²) in [5, 5.41) is 2.47. The number of rotatable bonds is 1. The summed E-state index contributed by atoms with van der Waals surface area (Å²) in [7, 11) is 0. The highest BCUT2D eigenvalue weighted by Crippen LogP contribution is 2.19. The zero-order valence-electron chi connectivity index (χ0n) is 9.86. The second kappa shape index (κ2) is 4.34. The standard InChI is InChI=1S/C12H11IN2O3/c1-12(2)10(17)15(11(18)14-12)9(16)7-3-5-8(13)6-4-7/h3-6H,1-2H3,(H,14,18). The maximum atomic E-state index is 12.1. The minimum Gasteiger partial charge on any atom is -0.323 e. The minimum absolute atomic E-state index is 0.316. The Morgan fingerprint density at radius 2 is 1.78 bits per heavy atom. The van der Waals surface area contributed by atoms with E-state index in [1.165, 1.54) is 0 Å². The molecule has 6 heteroatoms. The lowest BCUT2D eigenvalue weighted by atomic mass is 10.1. The smallest absolute Gasteiger partial charge is 0.323 e. The van der Waals surface area contributed by atoms with E-state index in [-0.39, 0.29) is 0 Å². The largest absolute Gasteiger partial charge is 0.332 e. The summed E-state index contributed by atoms with van der Waals surface area (Å²) in [6.45, 7) is 3.13. The zero-order chi connectivity index (χ0) is 13.5. The molecule has 0 spiro atoms. The Labute approximate surface area is 118 Å². The van der Waals surface area contributed by atoms with Gasteiger partial charge in [-0.25, -0.2) is 4.79 Å². The van der Waals surface area contributed by atoms with Gasteiger partial charge in [0.1, 0.15) is 5.54 Å². The second-order valence-corrected chi connectivity index (χ2v) is 5.75. The van der Waals surface area contributed by atoms with Gasteiger partial charge < -0.3 is 5.32 Å². The molecule has 0 aromatic heterocycles. The molecule has 0 aliphatic carbocycles. The van der Waals surface area contributed by atoms with Crippen LogP contribution in [0.3, 0.4) is 0 Å².